The van der Waals surface area contributed by atoms with Gasteiger partial charge in [-0.05, 0) is 51.5 Å². The Morgan fingerprint density at radius 1 is 1.39 bits per heavy atom. The minimum Gasteiger partial charge on any atom is -0.491 e. The molecule has 3 nitrogen and oxygen atoms in total. The third kappa shape index (κ3) is 5.71. The van der Waals surface area contributed by atoms with Crippen LogP contribution in [-0.2, 0) is 0 Å². The fourth-order valence-corrected chi connectivity index (χ4v) is 1.67. The second-order valence-electron chi connectivity index (χ2n) is 5.51. The first kappa shape index (κ1) is 15.3. The van der Waals surface area contributed by atoms with Crippen molar-refractivity contribution in [3.05, 3.63) is 28.8 Å². The number of aliphatic hydroxyl groups is 1. The summed E-state index contributed by atoms with van der Waals surface area (Å²) >= 11 is 5.86. The number of rotatable bonds is 5. The van der Waals surface area contributed by atoms with Gasteiger partial charge in [-0.25, -0.2) is 0 Å². The lowest BCUT2D eigenvalue weighted by Crippen LogP contribution is -2.42. The lowest BCUT2D eigenvalue weighted by atomic mass is 10.1. The van der Waals surface area contributed by atoms with Crippen molar-refractivity contribution in [1.29, 1.82) is 0 Å². The maximum atomic E-state index is 9.81. The predicted molar refractivity (Wildman–Crippen MR) is 75.4 cm³/mol. The number of aryl methyl sites for hydroxylation is 1. The summed E-state index contributed by atoms with van der Waals surface area (Å²) in [7, 11) is 0. The maximum Gasteiger partial charge on any atom is 0.122 e. The van der Waals surface area contributed by atoms with Crippen molar-refractivity contribution < 1.29 is 9.84 Å². The van der Waals surface area contributed by atoms with Crippen LogP contribution in [-0.4, -0.2) is 29.9 Å². The number of hydrogen-bond donors (Lipinski definition) is 2. The predicted octanol–water partition coefficient (Wildman–Crippen LogP) is 2.78. The van der Waals surface area contributed by atoms with Crippen LogP contribution >= 0.6 is 11.6 Å². The molecule has 1 rings (SSSR count). The van der Waals surface area contributed by atoms with Gasteiger partial charge in [-0.2, -0.15) is 0 Å². The monoisotopic (exact) mass is 271 g/mol. The molecule has 102 valence electrons. The Labute approximate surface area is 114 Å². The van der Waals surface area contributed by atoms with Crippen molar-refractivity contribution in [3.63, 3.8) is 0 Å². The molecule has 0 bridgehead atoms. The average molecular weight is 272 g/mol. The average Bonchev–Trinajstić information content (AvgIpc) is 2.24. The standard InChI is InChI=1S/C14H22ClNO2/c1-10-7-11(15)5-6-13(10)18-9-12(17)8-16-14(2,3)4/h5-7,12,16-17H,8-9H2,1-4H3/t12-/m0/s1. The van der Waals surface area contributed by atoms with Crippen LogP contribution in [0.1, 0.15) is 26.3 Å². The second kappa shape index (κ2) is 6.41. The van der Waals surface area contributed by atoms with Gasteiger partial charge in [0.1, 0.15) is 18.5 Å². The van der Waals surface area contributed by atoms with Crippen molar-refractivity contribution in [2.45, 2.75) is 39.3 Å². The van der Waals surface area contributed by atoms with Crippen LogP contribution in [0.2, 0.25) is 5.02 Å². The Kier molecular flexibility index (Phi) is 5.45. The van der Waals surface area contributed by atoms with E-state index < -0.39 is 6.10 Å². The van der Waals surface area contributed by atoms with Gasteiger partial charge < -0.3 is 15.2 Å². The van der Waals surface area contributed by atoms with Crippen LogP contribution in [0.3, 0.4) is 0 Å². The van der Waals surface area contributed by atoms with E-state index in [1.807, 2.05) is 19.1 Å². The molecule has 0 aliphatic rings. The van der Waals surface area contributed by atoms with E-state index in [0.717, 1.165) is 11.3 Å². The minimum absolute atomic E-state index is 0.00281. The Morgan fingerprint density at radius 2 is 2.06 bits per heavy atom. The van der Waals surface area contributed by atoms with E-state index in [9.17, 15) is 5.11 Å². The third-order valence-electron chi connectivity index (χ3n) is 2.44. The Bertz CT molecular complexity index is 388. The van der Waals surface area contributed by atoms with Crippen molar-refractivity contribution >= 4 is 11.6 Å². The molecular weight excluding hydrogens is 250 g/mol. The molecule has 0 aromatic heterocycles. The highest BCUT2D eigenvalue weighted by Crippen LogP contribution is 2.21. The fourth-order valence-electron chi connectivity index (χ4n) is 1.44. The Hall–Kier alpha value is -0.770. The zero-order valence-corrected chi connectivity index (χ0v) is 12.2. The zero-order chi connectivity index (χ0) is 13.8. The molecule has 18 heavy (non-hydrogen) atoms. The number of ether oxygens (including phenoxy) is 1. The van der Waals surface area contributed by atoms with Crippen molar-refractivity contribution in [2.75, 3.05) is 13.2 Å². The van der Waals surface area contributed by atoms with E-state index in [0.29, 0.717) is 11.6 Å². The van der Waals surface area contributed by atoms with E-state index in [4.69, 9.17) is 16.3 Å². The summed E-state index contributed by atoms with van der Waals surface area (Å²) in [6, 6.07) is 5.45. The number of aliphatic hydroxyl groups excluding tert-OH is 1. The molecule has 4 heteroatoms. The molecule has 0 aliphatic carbocycles. The van der Waals surface area contributed by atoms with Gasteiger partial charge in [0.15, 0.2) is 0 Å². The van der Waals surface area contributed by atoms with Gasteiger partial charge in [0.05, 0.1) is 0 Å². The van der Waals surface area contributed by atoms with E-state index >= 15 is 0 Å². The molecule has 1 aromatic rings. The maximum absolute atomic E-state index is 9.81. The van der Waals surface area contributed by atoms with Crippen molar-refractivity contribution in [1.82, 2.24) is 5.32 Å². The van der Waals surface area contributed by atoms with Gasteiger partial charge in [0, 0.05) is 17.1 Å². The van der Waals surface area contributed by atoms with Crippen molar-refractivity contribution in [3.8, 4) is 5.75 Å². The molecule has 0 saturated carbocycles. The van der Waals surface area contributed by atoms with Gasteiger partial charge in [0.2, 0.25) is 0 Å². The first-order valence-corrected chi connectivity index (χ1v) is 6.48. The topological polar surface area (TPSA) is 41.5 Å². The molecular formula is C14H22ClNO2. The summed E-state index contributed by atoms with van der Waals surface area (Å²) in [5.41, 5.74) is 0.968. The second-order valence-corrected chi connectivity index (χ2v) is 5.94. The minimum atomic E-state index is -0.528. The molecule has 2 N–H and O–H groups in total. The molecule has 0 heterocycles. The van der Waals surface area contributed by atoms with E-state index in [2.05, 4.69) is 26.1 Å². The summed E-state index contributed by atoms with van der Waals surface area (Å²) in [5, 5.41) is 13.7. The summed E-state index contributed by atoms with van der Waals surface area (Å²) in [4.78, 5) is 0. The molecule has 0 unspecified atom stereocenters. The highest BCUT2D eigenvalue weighted by atomic mass is 35.5. The van der Waals surface area contributed by atoms with E-state index in [1.165, 1.54) is 0 Å². The van der Waals surface area contributed by atoms with Gasteiger partial charge >= 0.3 is 0 Å². The molecule has 0 saturated heterocycles. The number of hydrogen-bond acceptors (Lipinski definition) is 3. The van der Waals surface area contributed by atoms with Gasteiger partial charge in [0.25, 0.3) is 0 Å². The van der Waals surface area contributed by atoms with Crippen molar-refractivity contribution in [2.24, 2.45) is 0 Å². The van der Waals surface area contributed by atoms with Crippen LogP contribution < -0.4 is 10.1 Å². The highest BCUT2D eigenvalue weighted by Gasteiger charge is 2.12. The van der Waals surface area contributed by atoms with E-state index in [-0.39, 0.29) is 12.1 Å². The van der Waals surface area contributed by atoms with Crippen LogP contribution in [0, 0.1) is 6.92 Å². The fraction of sp³-hybridized carbons (Fsp3) is 0.571. The van der Waals surface area contributed by atoms with Gasteiger partial charge in [-0.1, -0.05) is 11.6 Å². The SMILES string of the molecule is Cc1cc(Cl)ccc1OC[C@@H](O)CNC(C)(C)C. The molecule has 0 radical (unpaired) electrons. The molecule has 0 aliphatic heterocycles. The number of benzene rings is 1. The summed E-state index contributed by atoms with van der Waals surface area (Å²) in [5.74, 6) is 0.759. The first-order valence-electron chi connectivity index (χ1n) is 6.10. The highest BCUT2D eigenvalue weighted by molar-refractivity contribution is 6.30. The van der Waals surface area contributed by atoms with Gasteiger partial charge in [-0.15, -0.1) is 0 Å². The molecule has 1 aromatic carbocycles. The molecule has 0 fully saturated rings. The summed E-state index contributed by atoms with van der Waals surface area (Å²) in [6.45, 7) is 8.89. The lowest BCUT2D eigenvalue weighted by Gasteiger charge is -2.23. The van der Waals surface area contributed by atoms with Gasteiger partial charge in [-0.3, -0.25) is 0 Å². The summed E-state index contributed by atoms with van der Waals surface area (Å²) in [6.07, 6.45) is -0.528. The summed E-state index contributed by atoms with van der Waals surface area (Å²) < 4.78 is 5.57. The third-order valence-corrected chi connectivity index (χ3v) is 2.67. The Balaban J connectivity index is 2.40. The molecule has 1 atom stereocenters. The quantitative estimate of drug-likeness (QED) is 0.865. The smallest absolute Gasteiger partial charge is 0.122 e. The van der Waals surface area contributed by atoms with Crippen LogP contribution in [0.4, 0.5) is 0 Å². The zero-order valence-electron chi connectivity index (χ0n) is 11.5. The number of halogens is 1. The lowest BCUT2D eigenvalue weighted by molar-refractivity contribution is 0.0997. The number of β-amino-alcohol motifs (C(OH)–C–C–N with tert-alkyl or cyclic N) is 1. The van der Waals surface area contributed by atoms with E-state index in [1.54, 1.807) is 6.07 Å². The van der Waals surface area contributed by atoms with Crippen LogP contribution in [0.15, 0.2) is 18.2 Å². The number of nitrogens with one attached hydrogen (secondary N) is 1. The molecule has 0 amide bonds. The molecule has 0 spiro atoms. The normalized spacial score (nSPS) is 13.4. The largest absolute Gasteiger partial charge is 0.491 e. The van der Waals surface area contributed by atoms with Crippen LogP contribution in [0.5, 0.6) is 5.75 Å². The Morgan fingerprint density at radius 3 is 2.61 bits per heavy atom. The first-order chi connectivity index (χ1) is 8.28. The van der Waals surface area contributed by atoms with Crippen LogP contribution in [0.25, 0.3) is 0 Å².